The predicted octanol–water partition coefficient (Wildman–Crippen LogP) is 2.26. The topological polar surface area (TPSA) is 75.6 Å². The van der Waals surface area contributed by atoms with E-state index < -0.39 is 12.0 Å². The van der Waals surface area contributed by atoms with Crippen LogP contribution in [0.5, 0.6) is 5.75 Å². The lowest BCUT2D eigenvalue weighted by Crippen LogP contribution is -2.42. The minimum absolute atomic E-state index is 0.167. The number of rotatable bonds is 5. The molecule has 3 rings (SSSR count). The molecule has 23 heavy (non-hydrogen) atoms. The van der Waals surface area contributed by atoms with Crippen molar-refractivity contribution in [3.8, 4) is 5.75 Å². The molecule has 1 unspecified atom stereocenters. The number of carbonyl (C=O) groups is 2. The van der Waals surface area contributed by atoms with Crippen LogP contribution in [0, 0.1) is 5.92 Å². The van der Waals surface area contributed by atoms with Gasteiger partial charge in [-0.1, -0.05) is 30.4 Å². The number of aliphatic carboxylic acids is 1. The van der Waals surface area contributed by atoms with Crippen molar-refractivity contribution in [1.29, 1.82) is 0 Å². The molecule has 1 heterocycles. The summed E-state index contributed by atoms with van der Waals surface area (Å²) < 4.78 is 5.66. The lowest BCUT2D eigenvalue weighted by molar-refractivity contribution is -0.142. The Balaban J connectivity index is 1.73. The van der Waals surface area contributed by atoms with Gasteiger partial charge < -0.3 is 15.2 Å². The Morgan fingerprint density at radius 1 is 1.48 bits per heavy atom. The third kappa shape index (κ3) is 2.83. The molecule has 1 aromatic carbocycles. The van der Waals surface area contributed by atoms with Gasteiger partial charge in [0.05, 0.1) is 6.61 Å². The summed E-state index contributed by atoms with van der Waals surface area (Å²) in [6, 6.07) is 6.94. The van der Waals surface area contributed by atoms with Crippen LogP contribution in [-0.2, 0) is 15.0 Å². The summed E-state index contributed by atoms with van der Waals surface area (Å²) in [5, 5.41) is 11.9. The summed E-state index contributed by atoms with van der Waals surface area (Å²) in [6.45, 7) is 2.43. The van der Waals surface area contributed by atoms with Crippen molar-refractivity contribution in [3.63, 3.8) is 0 Å². The van der Waals surface area contributed by atoms with Crippen LogP contribution >= 0.6 is 0 Å². The van der Waals surface area contributed by atoms with Gasteiger partial charge in [0.2, 0.25) is 5.91 Å². The average molecular weight is 315 g/mol. The van der Waals surface area contributed by atoms with Crippen molar-refractivity contribution < 1.29 is 19.4 Å². The van der Waals surface area contributed by atoms with Gasteiger partial charge in [-0.05, 0) is 32.3 Å². The van der Waals surface area contributed by atoms with E-state index in [1.807, 2.05) is 31.2 Å². The van der Waals surface area contributed by atoms with Crippen molar-refractivity contribution in [2.45, 2.75) is 37.6 Å². The van der Waals surface area contributed by atoms with Gasteiger partial charge in [0.25, 0.3) is 0 Å². The zero-order valence-electron chi connectivity index (χ0n) is 13.1. The lowest BCUT2D eigenvalue weighted by atomic mass is 9.87. The molecule has 122 valence electrons. The maximum absolute atomic E-state index is 12.5. The molecule has 0 saturated heterocycles. The largest absolute Gasteiger partial charge is 0.493 e. The van der Waals surface area contributed by atoms with Crippen molar-refractivity contribution in [1.82, 2.24) is 5.32 Å². The van der Waals surface area contributed by atoms with Gasteiger partial charge in [-0.15, -0.1) is 0 Å². The fourth-order valence-electron chi connectivity index (χ4n) is 3.47. The van der Waals surface area contributed by atoms with Gasteiger partial charge in [-0.3, -0.25) is 4.79 Å². The lowest BCUT2D eigenvalue weighted by Gasteiger charge is -2.27. The Morgan fingerprint density at radius 3 is 3.00 bits per heavy atom. The zero-order chi connectivity index (χ0) is 16.4. The highest BCUT2D eigenvalue weighted by molar-refractivity contribution is 5.89. The normalized spacial score (nSPS) is 26.4. The Bertz CT molecular complexity index is 654. The Hall–Kier alpha value is -2.30. The molecule has 1 aliphatic heterocycles. The van der Waals surface area contributed by atoms with Crippen LogP contribution in [0.1, 0.15) is 31.7 Å². The van der Waals surface area contributed by atoms with Crippen molar-refractivity contribution in [2.24, 2.45) is 5.92 Å². The first kappa shape index (κ1) is 15.6. The summed E-state index contributed by atoms with van der Waals surface area (Å²) in [5.41, 5.74) is 0.898. The first-order chi connectivity index (χ1) is 11.1. The van der Waals surface area contributed by atoms with E-state index in [0.717, 1.165) is 24.2 Å². The number of carbonyl (C=O) groups excluding carboxylic acids is 1. The third-order valence-corrected chi connectivity index (χ3v) is 4.84. The molecule has 0 radical (unpaired) electrons. The fourth-order valence-corrected chi connectivity index (χ4v) is 3.47. The molecule has 5 heteroatoms. The first-order valence-corrected chi connectivity index (χ1v) is 7.95. The van der Waals surface area contributed by atoms with E-state index >= 15 is 0 Å². The third-order valence-electron chi connectivity index (χ3n) is 4.84. The Kier molecular flexibility index (Phi) is 4.11. The van der Waals surface area contributed by atoms with Gasteiger partial charge in [0, 0.05) is 16.9 Å². The highest BCUT2D eigenvalue weighted by Crippen LogP contribution is 2.60. The molecule has 1 saturated carbocycles. The summed E-state index contributed by atoms with van der Waals surface area (Å²) in [7, 11) is 0. The van der Waals surface area contributed by atoms with Crippen LogP contribution in [0.25, 0.3) is 0 Å². The number of carboxylic acid groups (broad SMARTS) is 1. The van der Waals surface area contributed by atoms with E-state index in [-0.39, 0.29) is 17.2 Å². The predicted molar refractivity (Wildman–Crippen MR) is 85.3 cm³/mol. The molecular formula is C18H21NO4. The zero-order valence-corrected chi connectivity index (χ0v) is 13.1. The van der Waals surface area contributed by atoms with E-state index in [0.29, 0.717) is 13.0 Å². The average Bonchev–Trinajstić information content (AvgIpc) is 3.26. The number of hydrogen-bond acceptors (Lipinski definition) is 3. The molecule has 1 fully saturated rings. The van der Waals surface area contributed by atoms with Crippen molar-refractivity contribution >= 4 is 11.9 Å². The molecule has 2 N–H and O–H groups in total. The van der Waals surface area contributed by atoms with Crippen LogP contribution in [0.15, 0.2) is 36.4 Å². The van der Waals surface area contributed by atoms with E-state index in [2.05, 4.69) is 5.32 Å². The van der Waals surface area contributed by atoms with Crippen molar-refractivity contribution in [3.05, 3.63) is 42.0 Å². The maximum atomic E-state index is 12.5. The minimum atomic E-state index is -1.00. The van der Waals surface area contributed by atoms with E-state index in [9.17, 15) is 14.7 Å². The molecular weight excluding hydrogens is 294 g/mol. The number of benzene rings is 1. The number of carboxylic acids is 1. The summed E-state index contributed by atoms with van der Waals surface area (Å²) in [4.78, 5) is 23.8. The Morgan fingerprint density at radius 2 is 2.26 bits per heavy atom. The second kappa shape index (κ2) is 6.07. The van der Waals surface area contributed by atoms with Gasteiger partial charge >= 0.3 is 5.97 Å². The highest BCUT2D eigenvalue weighted by atomic mass is 16.5. The Labute approximate surface area is 135 Å². The van der Waals surface area contributed by atoms with Gasteiger partial charge in [0.1, 0.15) is 11.8 Å². The molecule has 2 aliphatic rings. The maximum Gasteiger partial charge on any atom is 0.326 e. The summed E-state index contributed by atoms with van der Waals surface area (Å²) in [5.74, 6) is -0.491. The number of fused-ring (bicyclic) bond motifs is 2. The van der Waals surface area contributed by atoms with Crippen LogP contribution in [0.3, 0.4) is 0 Å². The molecule has 3 atom stereocenters. The van der Waals surface area contributed by atoms with Crippen LogP contribution in [0.2, 0.25) is 0 Å². The van der Waals surface area contributed by atoms with Crippen LogP contribution in [0.4, 0.5) is 0 Å². The number of hydrogen-bond donors (Lipinski definition) is 2. The van der Waals surface area contributed by atoms with Crippen molar-refractivity contribution in [2.75, 3.05) is 6.61 Å². The summed E-state index contributed by atoms with van der Waals surface area (Å²) >= 11 is 0. The van der Waals surface area contributed by atoms with Crippen LogP contribution in [-0.4, -0.2) is 29.6 Å². The van der Waals surface area contributed by atoms with Crippen LogP contribution < -0.4 is 10.1 Å². The molecule has 1 spiro atoms. The van der Waals surface area contributed by atoms with Gasteiger partial charge in [-0.25, -0.2) is 4.79 Å². The SMILES string of the molecule is C/C=C/CC(NC(=O)[C@@H]1C[C@]12CCOc1ccccc12)C(=O)O. The van der Waals surface area contributed by atoms with E-state index in [1.165, 1.54) is 0 Å². The van der Waals surface area contributed by atoms with E-state index in [1.54, 1.807) is 12.2 Å². The highest BCUT2D eigenvalue weighted by Gasteiger charge is 2.61. The molecule has 0 bridgehead atoms. The second-order valence-corrected chi connectivity index (χ2v) is 6.21. The van der Waals surface area contributed by atoms with Gasteiger partial charge in [0.15, 0.2) is 0 Å². The monoisotopic (exact) mass is 315 g/mol. The quantitative estimate of drug-likeness (QED) is 0.817. The number of para-hydroxylation sites is 1. The smallest absolute Gasteiger partial charge is 0.326 e. The summed E-state index contributed by atoms with van der Waals surface area (Å²) in [6.07, 6.45) is 5.40. The molecule has 0 aromatic heterocycles. The molecule has 1 aliphatic carbocycles. The van der Waals surface area contributed by atoms with Gasteiger partial charge in [-0.2, -0.15) is 0 Å². The number of ether oxygens (including phenoxy) is 1. The molecule has 5 nitrogen and oxygen atoms in total. The standard InChI is InChI=1S/C18H21NO4/c1-2-3-7-14(17(21)22)19-16(20)13-11-18(13)9-10-23-15-8-5-4-6-12(15)18/h2-6,8,13-14H,7,9-11H2,1H3,(H,19,20)(H,21,22)/b3-2+/t13-,14?,18-/m0/s1. The number of allylic oxidation sites excluding steroid dienone is 1. The van der Waals surface area contributed by atoms with E-state index in [4.69, 9.17) is 4.74 Å². The number of nitrogens with one attached hydrogen (secondary N) is 1. The minimum Gasteiger partial charge on any atom is -0.493 e. The molecule has 1 aromatic rings. The fraction of sp³-hybridized carbons (Fsp3) is 0.444. The number of amides is 1. The second-order valence-electron chi connectivity index (χ2n) is 6.21. The molecule has 1 amide bonds. The first-order valence-electron chi connectivity index (χ1n) is 7.95.